The van der Waals surface area contributed by atoms with Crippen LogP contribution in [0.1, 0.15) is 24.1 Å². The lowest BCUT2D eigenvalue weighted by atomic mass is 10.1. The van der Waals surface area contributed by atoms with Crippen LogP contribution in [0.3, 0.4) is 0 Å². The Morgan fingerprint density at radius 2 is 1.94 bits per heavy atom. The molecule has 1 saturated carbocycles. The first kappa shape index (κ1) is 20.3. The normalized spacial score (nSPS) is 13.6. The fourth-order valence-corrected chi connectivity index (χ4v) is 3.76. The third-order valence-electron chi connectivity index (χ3n) is 5.72. The summed E-state index contributed by atoms with van der Waals surface area (Å²) in [6, 6.07) is 20.4. The van der Waals surface area contributed by atoms with Crippen molar-refractivity contribution in [2.24, 2.45) is 5.92 Å². The summed E-state index contributed by atoms with van der Waals surface area (Å²) in [6.07, 6.45) is 4.68. The lowest BCUT2D eigenvalue weighted by molar-refractivity contribution is -0.117. The second kappa shape index (κ2) is 8.88. The van der Waals surface area contributed by atoms with E-state index in [1.54, 1.807) is 4.52 Å². The molecular formula is C25H26N6O. The zero-order valence-electron chi connectivity index (χ0n) is 18.1. The number of amides is 1. The summed E-state index contributed by atoms with van der Waals surface area (Å²) >= 11 is 0. The van der Waals surface area contributed by atoms with Gasteiger partial charge in [-0.25, -0.2) is 4.52 Å². The Bertz CT molecular complexity index is 1210. The van der Waals surface area contributed by atoms with Crippen molar-refractivity contribution < 1.29 is 4.79 Å². The minimum absolute atomic E-state index is 0.0129. The largest absolute Gasteiger partial charge is 0.302 e. The molecule has 32 heavy (non-hydrogen) atoms. The monoisotopic (exact) mass is 426 g/mol. The smallest absolute Gasteiger partial charge is 0.249 e. The number of hydrogen-bond acceptors (Lipinski definition) is 5. The predicted octanol–water partition coefficient (Wildman–Crippen LogP) is 3.81. The van der Waals surface area contributed by atoms with E-state index in [-0.39, 0.29) is 11.8 Å². The Labute approximate surface area is 187 Å². The van der Waals surface area contributed by atoms with Gasteiger partial charge in [0.2, 0.25) is 11.9 Å². The summed E-state index contributed by atoms with van der Waals surface area (Å²) in [5, 5.41) is 7.36. The van der Waals surface area contributed by atoms with Gasteiger partial charge in [0.25, 0.3) is 0 Å². The lowest BCUT2D eigenvalue weighted by Crippen LogP contribution is -2.21. The zero-order valence-corrected chi connectivity index (χ0v) is 18.1. The number of pyridine rings is 2. The number of nitrogens with zero attached hydrogens (tertiary/aromatic N) is 5. The van der Waals surface area contributed by atoms with Crippen LogP contribution in [-0.4, -0.2) is 44.0 Å². The summed E-state index contributed by atoms with van der Waals surface area (Å²) in [4.78, 5) is 23.2. The maximum atomic E-state index is 12.1. The highest BCUT2D eigenvalue weighted by molar-refractivity contribution is 5.92. The van der Waals surface area contributed by atoms with Gasteiger partial charge in [-0.15, -0.1) is 5.10 Å². The Morgan fingerprint density at radius 1 is 1.09 bits per heavy atom. The van der Waals surface area contributed by atoms with E-state index in [9.17, 15) is 4.79 Å². The van der Waals surface area contributed by atoms with Crippen molar-refractivity contribution in [2.75, 3.05) is 18.9 Å². The Kier molecular flexibility index (Phi) is 5.64. The van der Waals surface area contributed by atoms with Gasteiger partial charge in [-0.3, -0.25) is 15.1 Å². The minimum atomic E-state index is 0.0129. The van der Waals surface area contributed by atoms with Gasteiger partial charge in [0, 0.05) is 42.9 Å². The van der Waals surface area contributed by atoms with E-state index < -0.39 is 0 Å². The third-order valence-corrected chi connectivity index (χ3v) is 5.72. The number of hydrogen-bond donors (Lipinski definition) is 1. The van der Waals surface area contributed by atoms with Gasteiger partial charge >= 0.3 is 0 Å². The number of carbonyl (C=O) groups excluding carboxylic acids is 1. The molecule has 0 spiro atoms. The fraction of sp³-hybridized carbons (Fsp3) is 0.280. The van der Waals surface area contributed by atoms with Gasteiger partial charge in [-0.05, 0) is 49.7 Å². The van der Waals surface area contributed by atoms with E-state index >= 15 is 0 Å². The Balaban J connectivity index is 1.27. The van der Waals surface area contributed by atoms with Crippen LogP contribution < -0.4 is 5.32 Å². The van der Waals surface area contributed by atoms with Crippen LogP contribution in [-0.2, 0) is 17.8 Å². The molecule has 1 N–H and O–H groups in total. The van der Waals surface area contributed by atoms with Crippen molar-refractivity contribution in [2.45, 2.75) is 25.8 Å². The number of rotatable bonds is 8. The molecule has 0 radical (unpaired) electrons. The molecule has 7 heteroatoms. The van der Waals surface area contributed by atoms with Crippen molar-refractivity contribution in [1.29, 1.82) is 0 Å². The topological polar surface area (TPSA) is 75.4 Å². The van der Waals surface area contributed by atoms with Crippen LogP contribution in [0.25, 0.3) is 16.9 Å². The molecule has 7 nitrogen and oxygen atoms in total. The molecule has 4 aromatic rings. The number of carbonyl (C=O) groups is 1. The molecular weight excluding hydrogens is 400 g/mol. The van der Waals surface area contributed by atoms with E-state index in [2.05, 4.69) is 62.7 Å². The molecule has 0 atom stereocenters. The molecule has 0 aliphatic heterocycles. The highest BCUT2D eigenvalue weighted by atomic mass is 16.2. The summed E-state index contributed by atoms with van der Waals surface area (Å²) in [7, 11) is 2.13. The molecule has 1 aliphatic rings. The van der Waals surface area contributed by atoms with Crippen molar-refractivity contribution in [3.8, 4) is 11.3 Å². The molecule has 1 amide bonds. The van der Waals surface area contributed by atoms with Crippen molar-refractivity contribution in [3.63, 3.8) is 0 Å². The summed E-state index contributed by atoms with van der Waals surface area (Å²) < 4.78 is 1.79. The number of aromatic nitrogens is 4. The van der Waals surface area contributed by atoms with Gasteiger partial charge in [0.05, 0.1) is 5.69 Å². The van der Waals surface area contributed by atoms with Crippen LogP contribution >= 0.6 is 0 Å². The third kappa shape index (κ3) is 4.68. The average molecular weight is 427 g/mol. The second-order valence-corrected chi connectivity index (χ2v) is 8.39. The predicted molar refractivity (Wildman–Crippen MR) is 124 cm³/mol. The van der Waals surface area contributed by atoms with Crippen LogP contribution in [0.4, 0.5) is 5.95 Å². The number of likely N-dealkylation sites (N-methyl/N-ethyl adjacent to an activating group) is 1. The van der Waals surface area contributed by atoms with Crippen LogP contribution in [0.2, 0.25) is 0 Å². The maximum absolute atomic E-state index is 12.1. The molecule has 0 saturated heterocycles. The number of fused-ring (bicyclic) bond motifs is 1. The number of anilines is 1. The van der Waals surface area contributed by atoms with E-state index in [4.69, 9.17) is 0 Å². The molecule has 3 aromatic heterocycles. The molecule has 1 aliphatic carbocycles. The lowest BCUT2D eigenvalue weighted by Gasteiger charge is -2.16. The van der Waals surface area contributed by atoms with Crippen molar-refractivity contribution in [3.05, 3.63) is 78.1 Å². The van der Waals surface area contributed by atoms with Crippen LogP contribution in [0.15, 0.2) is 66.9 Å². The van der Waals surface area contributed by atoms with E-state index in [0.717, 1.165) is 49.3 Å². The highest BCUT2D eigenvalue weighted by Gasteiger charge is 2.30. The Morgan fingerprint density at radius 3 is 2.69 bits per heavy atom. The number of benzene rings is 1. The van der Waals surface area contributed by atoms with Gasteiger partial charge < -0.3 is 4.90 Å². The molecule has 1 aromatic carbocycles. The fourth-order valence-electron chi connectivity index (χ4n) is 3.76. The van der Waals surface area contributed by atoms with Crippen LogP contribution in [0, 0.1) is 5.92 Å². The molecule has 3 heterocycles. The first-order valence-electron chi connectivity index (χ1n) is 11.0. The zero-order chi connectivity index (χ0) is 21.9. The first-order valence-corrected chi connectivity index (χ1v) is 11.0. The second-order valence-electron chi connectivity index (χ2n) is 8.39. The van der Waals surface area contributed by atoms with E-state index in [1.807, 2.05) is 36.5 Å². The number of nitrogens with one attached hydrogen (secondary N) is 1. The Hall–Kier alpha value is -3.58. The molecule has 0 unspecified atom stereocenters. The molecule has 162 valence electrons. The minimum Gasteiger partial charge on any atom is -0.302 e. The summed E-state index contributed by atoms with van der Waals surface area (Å²) in [5.74, 6) is 0.496. The average Bonchev–Trinajstić information content (AvgIpc) is 3.59. The van der Waals surface area contributed by atoms with Gasteiger partial charge in [-0.2, -0.15) is 4.98 Å². The molecule has 1 fully saturated rings. The van der Waals surface area contributed by atoms with Gasteiger partial charge in [-0.1, -0.05) is 36.4 Å². The molecule has 5 rings (SSSR count). The summed E-state index contributed by atoms with van der Waals surface area (Å²) in [6.45, 7) is 1.82. The van der Waals surface area contributed by atoms with Crippen LogP contribution in [0.5, 0.6) is 0 Å². The quantitative estimate of drug-likeness (QED) is 0.464. The van der Waals surface area contributed by atoms with Gasteiger partial charge in [0.15, 0.2) is 5.65 Å². The maximum Gasteiger partial charge on any atom is 0.249 e. The standard InChI is InChI=1S/C25H26N6O/c1-30(16-14-21-5-2-3-15-26-21)17-18-8-10-19(11-9-18)22-6-4-7-23-27-25(29-31(22)23)28-24(32)20-12-13-20/h2-11,15,20H,12-14,16-17H2,1H3,(H,28,29,32). The summed E-state index contributed by atoms with van der Waals surface area (Å²) in [5.41, 5.74) is 5.08. The van der Waals surface area contributed by atoms with E-state index in [1.165, 1.54) is 5.56 Å². The highest BCUT2D eigenvalue weighted by Crippen LogP contribution is 2.30. The molecule has 0 bridgehead atoms. The van der Waals surface area contributed by atoms with Crippen molar-refractivity contribution in [1.82, 2.24) is 24.5 Å². The van der Waals surface area contributed by atoms with E-state index in [0.29, 0.717) is 11.6 Å². The SMILES string of the molecule is CN(CCc1ccccn1)Cc1ccc(-c2cccc3nc(NC(=O)C4CC4)nn23)cc1. The first-order chi connectivity index (χ1) is 15.7. The van der Waals surface area contributed by atoms with Gasteiger partial charge in [0.1, 0.15) is 0 Å². The van der Waals surface area contributed by atoms with Crippen molar-refractivity contribution >= 4 is 17.5 Å².